The molecule has 8 heteroatoms. The monoisotopic (exact) mass is 329 g/mol. The number of aromatic amines is 1. The van der Waals surface area contributed by atoms with Crippen LogP contribution in [0.25, 0.3) is 0 Å². The Bertz CT molecular complexity index is 701. The van der Waals surface area contributed by atoms with Gasteiger partial charge in [0.05, 0.1) is 23.1 Å². The Labute approximate surface area is 128 Å². The topological polar surface area (TPSA) is 84.1 Å². The molecule has 0 amide bonds. The third-order valence-electron chi connectivity index (χ3n) is 2.99. The van der Waals surface area contributed by atoms with E-state index >= 15 is 0 Å². The first kappa shape index (κ1) is 15.8. The zero-order valence-electron chi connectivity index (χ0n) is 11.6. The highest BCUT2D eigenvalue weighted by Crippen LogP contribution is 2.27. The highest BCUT2D eigenvalue weighted by Gasteiger charge is 2.22. The van der Waals surface area contributed by atoms with Gasteiger partial charge in [-0.2, -0.15) is 0 Å². The first-order chi connectivity index (χ1) is 9.97. The van der Waals surface area contributed by atoms with Crippen LogP contribution in [0.5, 0.6) is 5.75 Å². The van der Waals surface area contributed by atoms with Gasteiger partial charge >= 0.3 is 0 Å². The summed E-state index contributed by atoms with van der Waals surface area (Å²) in [6, 6.07) is 3.90. The quantitative estimate of drug-likeness (QED) is 0.852. The first-order valence-corrected chi connectivity index (χ1v) is 8.19. The second-order valence-electron chi connectivity index (χ2n) is 4.35. The highest BCUT2D eigenvalue weighted by molar-refractivity contribution is 7.89. The molecular formula is C13H16ClN3O3S. The average Bonchev–Trinajstić information content (AvgIpc) is 2.98. The van der Waals surface area contributed by atoms with Crippen molar-refractivity contribution >= 4 is 21.6 Å². The number of methoxy groups -OCH3 is 1. The summed E-state index contributed by atoms with van der Waals surface area (Å²) in [7, 11) is -2.23. The normalized spacial score (nSPS) is 13.1. The van der Waals surface area contributed by atoms with Crippen LogP contribution in [-0.2, 0) is 10.0 Å². The van der Waals surface area contributed by atoms with E-state index in [2.05, 4.69) is 14.7 Å². The van der Waals surface area contributed by atoms with Crippen LogP contribution >= 0.6 is 11.6 Å². The van der Waals surface area contributed by atoms with Crippen LogP contribution in [-0.4, -0.2) is 25.5 Å². The molecule has 1 atom stereocenters. The summed E-state index contributed by atoms with van der Waals surface area (Å²) in [5.74, 6) is 0.995. The Morgan fingerprint density at radius 1 is 1.48 bits per heavy atom. The van der Waals surface area contributed by atoms with Gasteiger partial charge in [-0.05, 0) is 24.6 Å². The van der Waals surface area contributed by atoms with E-state index in [1.807, 2.05) is 6.92 Å². The lowest BCUT2D eigenvalue weighted by Crippen LogP contribution is -2.29. The van der Waals surface area contributed by atoms with Crippen molar-refractivity contribution in [2.45, 2.75) is 24.3 Å². The summed E-state index contributed by atoms with van der Waals surface area (Å²) in [6.45, 7) is 1.87. The molecule has 0 aliphatic carbocycles. The number of nitrogens with zero attached hydrogens (tertiary/aromatic N) is 1. The lowest BCUT2D eigenvalue weighted by molar-refractivity contribution is 0.414. The Morgan fingerprint density at radius 3 is 2.76 bits per heavy atom. The molecule has 0 fully saturated rings. The molecule has 2 rings (SSSR count). The van der Waals surface area contributed by atoms with Crippen LogP contribution in [0.15, 0.2) is 35.5 Å². The number of nitrogens with one attached hydrogen (secondary N) is 2. The molecule has 0 bridgehead atoms. The highest BCUT2D eigenvalue weighted by atomic mass is 35.5. The molecule has 1 aromatic heterocycles. The Kier molecular flexibility index (Phi) is 4.87. The fourth-order valence-electron chi connectivity index (χ4n) is 1.87. The van der Waals surface area contributed by atoms with Crippen LogP contribution in [0.1, 0.15) is 25.2 Å². The smallest absolute Gasteiger partial charge is 0.241 e. The SMILES string of the molecule is CCC(NS(=O)(=O)c1ccc(OC)c(Cl)c1)c1ncc[nH]1. The van der Waals surface area contributed by atoms with Crippen molar-refractivity contribution in [3.05, 3.63) is 41.4 Å². The van der Waals surface area contributed by atoms with E-state index in [9.17, 15) is 8.42 Å². The van der Waals surface area contributed by atoms with Gasteiger partial charge < -0.3 is 9.72 Å². The number of hydrogen-bond donors (Lipinski definition) is 2. The summed E-state index contributed by atoms with van der Waals surface area (Å²) in [4.78, 5) is 7.07. The fraction of sp³-hybridized carbons (Fsp3) is 0.308. The molecule has 0 radical (unpaired) electrons. The molecule has 0 saturated carbocycles. The van der Waals surface area contributed by atoms with E-state index in [4.69, 9.17) is 16.3 Å². The number of halogens is 1. The molecular weight excluding hydrogens is 314 g/mol. The molecule has 2 aromatic rings. The number of aromatic nitrogens is 2. The third kappa shape index (κ3) is 3.55. The lowest BCUT2D eigenvalue weighted by atomic mass is 10.2. The average molecular weight is 330 g/mol. The molecule has 0 aliphatic rings. The number of imidazole rings is 1. The van der Waals surface area contributed by atoms with E-state index in [1.165, 1.54) is 25.3 Å². The number of hydrogen-bond acceptors (Lipinski definition) is 4. The van der Waals surface area contributed by atoms with Crippen LogP contribution in [0.2, 0.25) is 5.02 Å². The molecule has 21 heavy (non-hydrogen) atoms. The minimum Gasteiger partial charge on any atom is -0.495 e. The van der Waals surface area contributed by atoms with Gasteiger partial charge in [0.15, 0.2) is 0 Å². The summed E-state index contributed by atoms with van der Waals surface area (Å²) >= 11 is 5.97. The van der Waals surface area contributed by atoms with Gasteiger partial charge in [0.2, 0.25) is 10.0 Å². The van der Waals surface area contributed by atoms with Gasteiger partial charge in [-0.1, -0.05) is 18.5 Å². The molecule has 1 aromatic carbocycles. The molecule has 0 spiro atoms. The summed E-state index contributed by atoms with van der Waals surface area (Å²) < 4.78 is 32.4. The molecule has 6 nitrogen and oxygen atoms in total. The van der Waals surface area contributed by atoms with E-state index < -0.39 is 16.1 Å². The largest absolute Gasteiger partial charge is 0.495 e. The van der Waals surface area contributed by atoms with E-state index in [0.29, 0.717) is 18.0 Å². The summed E-state index contributed by atoms with van der Waals surface area (Å²) in [5.41, 5.74) is 0. The molecule has 1 unspecified atom stereocenters. The number of ether oxygens (including phenoxy) is 1. The van der Waals surface area contributed by atoms with Crippen LogP contribution in [0, 0.1) is 0 Å². The predicted molar refractivity (Wildman–Crippen MR) is 79.9 cm³/mol. The number of benzene rings is 1. The summed E-state index contributed by atoms with van der Waals surface area (Å²) in [5, 5.41) is 0.242. The van der Waals surface area contributed by atoms with Crippen LogP contribution in [0.3, 0.4) is 0 Å². The number of rotatable bonds is 6. The maximum absolute atomic E-state index is 12.4. The molecule has 2 N–H and O–H groups in total. The fourth-order valence-corrected chi connectivity index (χ4v) is 3.50. The van der Waals surface area contributed by atoms with Gasteiger partial charge in [-0.15, -0.1) is 0 Å². The van der Waals surface area contributed by atoms with E-state index in [0.717, 1.165) is 0 Å². The van der Waals surface area contributed by atoms with Gasteiger partial charge in [0, 0.05) is 12.4 Å². The van der Waals surface area contributed by atoms with E-state index in [-0.39, 0.29) is 9.92 Å². The maximum atomic E-state index is 12.4. The Balaban J connectivity index is 2.27. The minimum atomic E-state index is -3.70. The Morgan fingerprint density at radius 2 is 2.24 bits per heavy atom. The van der Waals surface area contributed by atoms with Crippen LogP contribution < -0.4 is 9.46 Å². The predicted octanol–water partition coefficient (Wildman–Crippen LogP) is 2.50. The van der Waals surface area contributed by atoms with Crippen molar-refractivity contribution in [1.82, 2.24) is 14.7 Å². The summed E-state index contributed by atoms with van der Waals surface area (Å²) in [6.07, 6.45) is 3.80. The second-order valence-corrected chi connectivity index (χ2v) is 6.47. The van der Waals surface area contributed by atoms with Gasteiger partial charge in [-0.3, -0.25) is 0 Å². The molecule has 114 valence electrons. The van der Waals surface area contributed by atoms with Crippen molar-refractivity contribution in [2.24, 2.45) is 0 Å². The zero-order chi connectivity index (χ0) is 15.5. The van der Waals surface area contributed by atoms with Gasteiger partial charge in [0.1, 0.15) is 11.6 Å². The van der Waals surface area contributed by atoms with Gasteiger partial charge in [-0.25, -0.2) is 18.1 Å². The molecule has 0 saturated heterocycles. The van der Waals surface area contributed by atoms with Crippen molar-refractivity contribution < 1.29 is 13.2 Å². The number of sulfonamides is 1. The van der Waals surface area contributed by atoms with Crippen molar-refractivity contribution in [1.29, 1.82) is 0 Å². The standard InChI is InChI=1S/C13H16ClN3O3S/c1-3-11(13-15-6-7-16-13)17-21(18,19)9-4-5-12(20-2)10(14)8-9/h4-8,11,17H,3H2,1-2H3,(H,15,16). The van der Waals surface area contributed by atoms with Crippen LogP contribution in [0.4, 0.5) is 0 Å². The first-order valence-electron chi connectivity index (χ1n) is 6.33. The third-order valence-corrected chi connectivity index (χ3v) is 4.75. The van der Waals surface area contributed by atoms with Crippen molar-refractivity contribution in [3.63, 3.8) is 0 Å². The molecule has 1 heterocycles. The van der Waals surface area contributed by atoms with E-state index in [1.54, 1.807) is 12.4 Å². The van der Waals surface area contributed by atoms with Crippen molar-refractivity contribution in [2.75, 3.05) is 7.11 Å². The maximum Gasteiger partial charge on any atom is 0.241 e. The minimum absolute atomic E-state index is 0.0818. The zero-order valence-corrected chi connectivity index (χ0v) is 13.2. The second kappa shape index (κ2) is 6.46. The number of H-pyrrole nitrogens is 1. The van der Waals surface area contributed by atoms with Gasteiger partial charge in [0.25, 0.3) is 0 Å². The Hall–Kier alpha value is -1.57. The van der Waals surface area contributed by atoms with Crippen molar-refractivity contribution in [3.8, 4) is 5.75 Å². The molecule has 0 aliphatic heterocycles. The lowest BCUT2D eigenvalue weighted by Gasteiger charge is -2.15.